The maximum Gasteiger partial charge on any atom is 0.175 e. The molecule has 0 atom stereocenters. The van der Waals surface area contributed by atoms with E-state index in [4.69, 9.17) is 14.2 Å². The third kappa shape index (κ3) is 2.19. The summed E-state index contributed by atoms with van der Waals surface area (Å²) in [6.45, 7) is 0.543. The fourth-order valence-electron chi connectivity index (χ4n) is 1.20. The summed E-state index contributed by atoms with van der Waals surface area (Å²) in [5, 5.41) is 0. The van der Waals surface area contributed by atoms with Gasteiger partial charge in [0.05, 0.1) is 25.3 Å². The van der Waals surface area contributed by atoms with Crippen molar-refractivity contribution >= 4 is 15.9 Å². The van der Waals surface area contributed by atoms with E-state index in [2.05, 4.69) is 15.9 Å². The molecule has 0 aromatic heterocycles. The van der Waals surface area contributed by atoms with Gasteiger partial charge in [0.25, 0.3) is 0 Å². The zero-order chi connectivity index (χ0) is 10.6. The van der Waals surface area contributed by atoms with Gasteiger partial charge < -0.3 is 14.2 Å². The van der Waals surface area contributed by atoms with E-state index in [1.165, 1.54) is 0 Å². The van der Waals surface area contributed by atoms with Crippen molar-refractivity contribution in [2.75, 3.05) is 21.3 Å². The first-order valence-corrected chi connectivity index (χ1v) is 4.92. The lowest BCUT2D eigenvalue weighted by atomic mass is 10.2. The quantitative estimate of drug-likeness (QED) is 0.833. The molecule has 1 aromatic rings. The molecule has 1 rings (SSSR count). The Balaban J connectivity index is 3.13. The summed E-state index contributed by atoms with van der Waals surface area (Å²) >= 11 is 3.45. The molecular weight excluding hydrogens is 248 g/mol. The van der Waals surface area contributed by atoms with Crippen molar-refractivity contribution in [2.24, 2.45) is 0 Å². The number of rotatable bonds is 4. The number of benzene rings is 1. The summed E-state index contributed by atoms with van der Waals surface area (Å²) in [5.74, 6) is 1.40. The topological polar surface area (TPSA) is 27.7 Å². The van der Waals surface area contributed by atoms with Crippen LogP contribution in [0.2, 0.25) is 0 Å². The molecule has 0 aliphatic rings. The van der Waals surface area contributed by atoms with E-state index in [-0.39, 0.29) is 0 Å². The van der Waals surface area contributed by atoms with Gasteiger partial charge in [0.2, 0.25) is 0 Å². The molecular formula is C10H13BrO3. The normalized spacial score (nSPS) is 10.0. The van der Waals surface area contributed by atoms with Crippen LogP contribution in [0.25, 0.3) is 0 Å². The molecule has 0 bridgehead atoms. The van der Waals surface area contributed by atoms with Crippen molar-refractivity contribution in [1.29, 1.82) is 0 Å². The standard InChI is InChI=1S/C10H13BrO3/c1-12-6-7-4-5-8(13-2)10(14-3)9(7)11/h4-5H,6H2,1-3H3. The van der Waals surface area contributed by atoms with Crippen LogP contribution in [0, 0.1) is 0 Å². The minimum absolute atomic E-state index is 0.543. The Bertz CT molecular complexity index is 312. The first kappa shape index (κ1) is 11.3. The summed E-state index contributed by atoms with van der Waals surface area (Å²) in [5.41, 5.74) is 1.03. The molecule has 1 aromatic carbocycles. The molecule has 0 spiro atoms. The third-order valence-corrected chi connectivity index (χ3v) is 2.73. The zero-order valence-electron chi connectivity index (χ0n) is 8.46. The van der Waals surface area contributed by atoms with Crippen LogP contribution in [-0.4, -0.2) is 21.3 Å². The van der Waals surface area contributed by atoms with Gasteiger partial charge in [-0.2, -0.15) is 0 Å². The largest absolute Gasteiger partial charge is 0.493 e. The van der Waals surface area contributed by atoms with E-state index in [1.807, 2.05) is 12.1 Å². The van der Waals surface area contributed by atoms with Crippen LogP contribution in [0.4, 0.5) is 0 Å². The second-order valence-corrected chi connectivity index (χ2v) is 3.50. The van der Waals surface area contributed by atoms with Crippen molar-refractivity contribution in [2.45, 2.75) is 6.61 Å². The second kappa shape index (κ2) is 5.22. The SMILES string of the molecule is COCc1ccc(OC)c(OC)c1Br. The van der Waals surface area contributed by atoms with Crippen molar-refractivity contribution in [1.82, 2.24) is 0 Å². The monoisotopic (exact) mass is 260 g/mol. The summed E-state index contributed by atoms with van der Waals surface area (Å²) in [7, 11) is 4.88. The zero-order valence-corrected chi connectivity index (χ0v) is 10.1. The number of halogens is 1. The lowest BCUT2D eigenvalue weighted by molar-refractivity contribution is 0.184. The van der Waals surface area contributed by atoms with Crippen molar-refractivity contribution in [3.63, 3.8) is 0 Å². The Morgan fingerprint density at radius 3 is 2.36 bits per heavy atom. The molecule has 0 aliphatic heterocycles. The average Bonchev–Trinajstić information content (AvgIpc) is 2.21. The number of ether oxygens (including phenoxy) is 3. The molecule has 3 nitrogen and oxygen atoms in total. The van der Waals surface area contributed by atoms with Crippen LogP contribution >= 0.6 is 15.9 Å². The first-order chi connectivity index (χ1) is 6.74. The van der Waals surface area contributed by atoms with Gasteiger partial charge in [-0.25, -0.2) is 0 Å². The molecule has 0 radical (unpaired) electrons. The van der Waals surface area contributed by atoms with Gasteiger partial charge in [0, 0.05) is 7.11 Å². The predicted molar refractivity (Wildman–Crippen MR) is 58.0 cm³/mol. The van der Waals surface area contributed by atoms with Gasteiger partial charge in [-0.05, 0) is 27.6 Å². The first-order valence-electron chi connectivity index (χ1n) is 4.12. The van der Waals surface area contributed by atoms with Crippen LogP contribution in [0.3, 0.4) is 0 Å². The van der Waals surface area contributed by atoms with Crippen LogP contribution < -0.4 is 9.47 Å². The van der Waals surface area contributed by atoms with E-state index in [0.717, 1.165) is 10.0 Å². The fourth-order valence-corrected chi connectivity index (χ4v) is 1.80. The number of hydrogen-bond donors (Lipinski definition) is 0. The Morgan fingerprint density at radius 1 is 1.14 bits per heavy atom. The van der Waals surface area contributed by atoms with Gasteiger partial charge in [0.1, 0.15) is 0 Å². The van der Waals surface area contributed by atoms with Gasteiger partial charge in [-0.1, -0.05) is 6.07 Å². The Labute approximate surface area is 92.1 Å². The second-order valence-electron chi connectivity index (χ2n) is 2.71. The molecule has 14 heavy (non-hydrogen) atoms. The van der Waals surface area contributed by atoms with E-state index < -0.39 is 0 Å². The van der Waals surface area contributed by atoms with Crippen molar-refractivity contribution in [3.8, 4) is 11.5 Å². The maximum atomic E-state index is 5.23. The van der Waals surface area contributed by atoms with Crippen molar-refractivity contribution in [3.05, 3.63) is 22.2 Å². The Kier molecular flexibility index (Phi) is 4.22. The molecule has 0 unspecified atom stereocenters. The van der Waals surface area contributed by atoms with E-state index in [1.54, 1.807) is 21.3 Å². The van der Waals surface area contributed by atoms with Gasteiger partial charge in [-0.3, -0.25) is 0 Å². The van der Waals surface area contributed by atoms with Gasteiger partial charge >= 0.3 is 0 Å². The van der Waals surface area contributed by atoms with Crippen LogP contribution in [0.15, 0.2) is 16.6 Å². The van der Waals surface area contributed by atoms with E-state index >= 15 is 0 Å². The molecule has 78 valence electrons. The lowest BCUT2D eigenvalue weighted by Crippen LogP contribution is -1.96. The number of methoxy groups -OCH3 is 3. The Hall–Kier alpha value is -0.740. The van der Waals surface area contributed by atoms with Gasteiger partial charge in [-0.15, -0.1) is 0 Å². The van der Waals surface area contributed by atoms with E-state index in [9.17, 15) is 0 Å². The predicted octanol–water partition coefficient (Wildman–Crippen LogP) is 2.61. The summed E-state index contributed by atoms with van der Waals surface area (Å²) in [6.07, 6.45) is 0. The summed E-state index contributed by atoms with van der Waals surface area (Å²) < 4.78 is 16.3. The Morgan fingerprint density at radius 2 is 1.86 bits per heavy atom. The highest BCUT2D eigenvalue weighted by molar-refractivity contribution is 9.10. The minimum atomic E-state index is 0.543. The lowest BCUT2D eigenvalue weighted by Gasteiger charge is -2.12. The molecule has 0 aliphatic carbocycles. The molecule has 0 amide bonds. The van der Waals surface area contributed by atoms with Crippen LogP contribution in [-0.2, 0) is 11.3 Å². The molecule has 0 heterocycles. The van der Waals surface area contributed by atoms with E-state index in [0.29, 0.717) is 18.1 Å². The van der Waals surface area contributed by atoms with Crippen LogP contribution in [0.5, 0.6) is 11.5 Å². The summed E-state index contributed by atoms with van der Waals surface area (Å²) in [6, 6.07) is 3.80. The highest BCUT2D eigenvalue weighted by Gasteiger charge is 2.11. The summed E-state index contributed by atoms with van der Waals surface area (Å²) in [4.78, 5) is 0. The van der Waals surface area contributed by atoms with Gasteiger partial charge in [0.15, 0.2) is 11.5 Å². The molecule has 0 saturated carbocycles. The molecule has 0 N–H and O–H groups in total. The smallest absolute Gasteiger partial charge is 0.175 e. The molecule has 4 heteroatoms. The minimum Gasteiger partial charge on any atom is -0.493 e. The average molecular weight is 261 g/mol. The number of hydrogen-bond acceptors (Lipinski definition) is 3. The molecule has 0 fully saturated rings. The molecule has 0 saturated heterocycles. The van der Waals surface area contributed by atoms with Crippen LogP contribution in [0.1, 0.15) is 5.56 Å². The van der Waals surface area contributed by atoms with Crippen molar-refractivity contribution < 1.29 is 14.2 Å². The maximum absolute atomic E-state index is 5.23. The highest BCUT2D eigenvalue weighted by atomic mass is 79.9. The highest BCUT2D eigenvalue weighted by Crippen LogP contribution is 2.37. The third-order valence-electron chi connectivity index (χ3n) is 1.86. The fraction of sp³-hybridized carbons (Fsp3) is 0.400.